The van der Waals surface area contributed by atoms with Crippen molar-refractivity contribution in [2.45, 2.75) is 11.8 Å². The van der Waals surface area contributed by atoms with E-state index < -0.39 is 0 Å². The van der Waals surface area contributed by atoms with Crippen LogP contribution in [0.1, 0.15) is 6.42 Å². The van der Waals surface area contributed by atoms with Gasteiger partial charge in [-0.15, -0.1) is 11.6 Å². The number of methoxy groups -OCH3 is 1. The Morgan fingerprint density at radius 2 is 2.40 bits per heavy atom. The zero-order chi connectivity index (χ0) is 11.1. The minimum Gasteiger partial charge on any atom is -0.383 e. The molecule has 1 atom stereocenters. The standard InChI is InChI=1S/C9H13Cl2N3O/c1-15-5-7(10)2-3-13-9-8(11)4-12-6-14-9/h4,6-7H,2-3,5H2,1H3,(H,12,13,14). The zero-order valence-corrected chi connectivity index (χ0v) is 9.92. The largest absolute Gasteiger partial charge is 0.383 e. The molecule has 0 saturated heterocycles. The van der Waals surface area contributed by atoms with E-state index in [4.69, 9.17) is 27.9 Å². The average Bonchev–Trinajstić information content (AvgIpc) is 2.21. The van der Waals surface area contributed by atoms with E-state index in [1.165, 1.54) is 6.33 Å². The Labute approximate surface area is 99.0 Å². The first-order valence-electron chi connectivity index (χ1n) is 4.56. The fourth-order valence-electron chi connectivity index (χ4n) is 1.05. The lowest BCUT2D eigenvalue weighted by Gasteiger charge is -2.09. The minimum absolute atomic E-state index is 0.00288. The Morgan fingerprint density at radius 1 is 1.60 bits per heavy atom. The van der Waals surface area contributed by atoms with Crippen molar-refractivity contribution in [3.63, 3.8) is 0 Å². The molecule has 0 saturated carbocycles. The van der Waals surface area contributed by atoms with E-state index in [-0.39, 0.29) is 5.38 Å². The van der Waals surface area contributed by atoms with Gasteiger partial charge in [0.1, 0.15) is 17.2 Å². The highest BCUT2D eigenvalue weighted by Crippen LogP contribution is 2.16. The molecule has 1 heterocycles. The number of hydrogen-bond donors (Lipinski definition) is 1. The van der Waals surface area contributed by atoms with Crippen LogP contribution < -0.4 is 5.32 Å². The van der Waals surface area contributed by atoms with Gasteiger partial charge in [0.15, 0.2) is 0 Å². The third-order valence-corrected chi connectivity index (χ3v) is 2.39. The lowest BCUT2D eigenvalue weighted by molar-refractivity contribution is 0.196. The summed E-state index contributed by atoms with van der Waals surface area (Å²) < 4.78 is 4.92. The molecule has 6 heteroatoms. The molecule has 1 rings (SSSR count). The van der Waals surface area contributed by atoms with E-state index in [0.717, 1.165) is 6.42 Å². The molecule has 0 aliphatic carbocycles. The van der Waals surface area contributed by atoms with Gasteiger partial charge in [-0.1, -0.05) is 11.6 Å². The van der Waals surface area contributed by atoms with Crippen molar-refractivity contribution in [2.24, 2.45) is 0 Å². The number of nitrogens with one attached hydrogen (secondary N) is 1. The SMILES string of the molecule is COCC(Cl)CCNc1ncncc1Cl. The Morgan fingerprint density at radius 3 is 3.07 bits per heavy atom. The van der Waals surface area contributed by atoms with E-state index in [1.54, 1.807) is 13.3 Å². The topological polar surface area (TPSA) is 47.0 Å². The van der Waals surface area contributed by atoms with Crippen molar-refractivity contribution < 1.29 is 4.74 Å². The van der Waals surface area contributed by atoms with Gasteiger partial charge in [-0.3, -0.25) is 0 Å². The van der Waals surface area contributed by atoms with E-state index >= 15 is 0 Å². The number of aromatic nitrogens is 2. The van der Waals surface area contributed by atoms with Gasteiger partial charge in [-0.2, -0.15) is 0 Å². The van der Waals surface area contributed by atoms with E-state index in [0.29, 0.717) is 24.0 Å². The van der Waals surface area contributed by atoms with Crippen LogP contribution in [-0.4, -0.2) is 35.6 Å². The van der Waals surface area contributed by atoms with Crippen LogP contribution >= 0.6 is 23.2 Å². The smallest absolute Gasteiger partial charge is 0.148 e. The third kappa shape index (κ3) is 4.64. The monoisotopic (exact) mass is 249 g/mol. The van der Waals surface area contributed by atoms with Crippen molar-refractivity contribution >= 4 is 29.0 Å². The molecule has 15 heavy (non-hydrogen) atoms. The molecule has 0 aliphatic rings. The number of nitrogens with zero attached hydrogens (tertiary/aromatic N) is 2. The van der Waals surface area contributed by atoms with Crippen LogP contribution in [0.15, 0.2) is 12.5 Å². The lowest BCUT2D eigenvalue weighted by Crippen LogP contribution is -2.14. The summed E-state index contributed by atoms with van der Waals surface area (Å²) in [6, 6.07) is 0. The van der Waals surface area contributed by atoms with Crippen molar-refractivity contribution in [1.29, 1.82) is 0 Å². The Balaban J connectivity index is 2.29. The first-order chi connectivity index (χ1) is 7.24. The molecular formula is C9H13Cl2N3O. The fourth-order valence-corrected chi connectivity index (χ4v) is 1.46. The predicted molar refractivity (Wildman–Crippen MR) is 61.7 cm³/mol. The summed E-state index contributed by atoms with van der Waals surface area (Å²) in [5, 5.41) is 3.59. The van der Waals surface area contributed by atoms with Crippen molar-refractivity contribution in [1.82, 2.24) is 9.97 Å². The first-order valence-corrected chi connectivity index (χ1v) is 5.38. The maximum atomic E-state index is 5.96. The maximum absolute atomic E-state index is 5.96. The highest BCUT2D eigenvalue weighted by Gasteiger charge is 2.04. The van der Waals surface area contributed by atoms with Gasteiger partial charge >= 0.3 is 0 Å². The van der Waals surface area contributed by atoms with Crippen molar-refractivity contribution in [2.75, 3.05) is 25.6 Å². The Bertz CT molecular complexity index is 298. The summed E-state index contributed by atoms with van der Waals surface area (Å²) in [6.07, 6.45) is 3.78. The number of rotatable bonds is 6. The van der Waals surface area contributed by atoms with Crippen LogP contribution in [0, 0.1) is 0 Å². The second kappa shape index (κ2) is 6.82. The lowest BCUT2D eigenvalue weighted by atomic mass is 10.3. The van der Waals surface area contributed by atoms with Crippen LogP contribution in [0.25, 0.3) is 0 Å². The van der Waals surface area contributed by atoms with Gasteiger partial charge in [0, 0.05) is 13.7 Å². The van der Waals surface area contributed by atoms with Gasteiger partial charge in [0.25, 0.3) is 0 Å². The summed E-state index contributed by atoms with van der Waals surface area (Å²) in [7, 11) is 1.63. The molecule has 0 radical (unpaired) electrons. The summed E-state index contributed by atoms with van der Waals surface area (Å²) in [4.78, 5) is 7.78. The normalized spacial score (nSPS) is 12.5. The summed E-state index contributed by atoms with van der Waals surface area (Å²) in [5.41, 5.74) is 0. The van der Waals surface area contributed by atoms with Gasteiger partial charge in [0.2, 0.25) is 0 Å². The van der Waals surface area contributed by atoms with Crippen molar-refractivity contribution in [3.05, 3.63) is 17.5 Å². The zero-order valence-electron chi connectivity index (χ0n) is 8.41. The second-order valence-electron chi connectivity index (χ2n) is 2.99. The quantitative estimate of drug-likeness (QED) is 0.786. The van der Waals surface area contributed by atoms with Gasteiger partial charge in [0.05, 0.1) is 18.2 Å². The van der Waals surface area contributed by atoms with Crippen molar-refractivity contribution in [3.8, 4) is 0 Å². The van der Waals surface area contributed by atoms with Crippen LogP contribution in [0.5, 0.6) is 0 Å². The molecule has 4 nitrogen and oxygen atoms in total. The Kier molecular flexibility index (Phi) is 5.68. The highest BCUT2D eigenvalue weighted by molar-refractivity contribution is 6.32. The molecular weight excluding hydrogens is 237 g/mol. The maximum Gasteiger partial charge on any atom is 0.148 e. The number of halogens is 2. The molecule has 84 valence electrons. The number of hydrogen-bond acceptors (Lipinski definition) is 4. The molecule has 1 unspecified atom stereocenters. The number of anilines is 1. The van der Waals surface area contributed by atoms with Gasteiger partial charge in [-0.05, 0) is 6.42 Å². The molecule has 0 aromatic carbocycles. The molecule has 0 spiro atoms. The van der Waals surface area contributed by atoms with Gasteiger partial charge < -0.3 is 10.1 Å². The molecule has 1 aromatic rings. The molecule has 0 amide bonds. The number of ether oxygens (including phenoxy) is 1. The minimum atomic E-state index is 0.00288. The molecule has 0 aliphatic heterocycles. The summed E-state index contributed by atoms with van der Waals surface area (Å²) in [6.45, 7) is 1.25. The van der Waals surface area contributed by atoms with E-state index in [2.05, 4.69) is 15.3 Å². The van der Waals surface area contributed by atoms with Crippen LogP contribution in [0.4, 0.5) is 5.82 Å². The summed E-state index contributed by atoms with van der Waals surface area (Å²) >= 11 is 11.8. The third-order valence-electron chi connectivity index (χ3n) is 1.77. The average molecular weight is 250 g/mol. The fraction of sp³-hybridized carbons (Fsp3) is 0.556. The van der Waals surface area contributed by atoms with E-state index in [1.807, 2.05) is 0 Å². The molecule has 0 bridgehead atoms. The van der Waals surface area contributed by atoms with Crippen LogP contribution in [0.3, 0.4) is 0 Å². The highest BCUT2D eigenvalue weighted by atomic mass is 35.5. The first kappa shape index (κ1) is 12.5. The van der Waals surface area contributed by atoms with Crippen LogP contribution in [0.2, 0.25) is 5.02 Å². The van der Waals surface area contributed by atoms with Gasteiger partial charge in [-0.25, -0.2) is 9.97 Å². The molecule has 0 fully saturated rings. The second-order valence-corrected chi connectivity index (χ2v) is 4.01. The predicted octanol–water partition coefficient (Wildman–Crippen LogP) is 2.19. The molecule has 1 aromatic heterocycles. The number of alkyl halides is 1. The Hall–Kier alpha value is -0.580. The van der Waals surface area contributed by atoms with E-state index in [9.17, 15) is 0 Å². The summed E-state index contributed by atoms with van der Waals surface area (Å²) in [5.74, 6) is 0.632. The molecule has 1 N–H and O–H groups in total. The van der Waals surface area contributed by atoms with Crippen LogP contribution in [-0.2, 0) is 4.74 Å².